The van der Waals surface area contributed by atoms with Gasteiger partial charge in [0.05, 0.1) is 17.4 Å². The molecule has 1 saturated heterocycles. The van der Waals surface area contributed by atoms with Gasteiger partial charge in [-0.05, 0) is 25.8 Å². The second kappa shape index (κ2) is 5.85. The van der Waals surface area contributed by atoms with Crippen LogP contribution in [-0.4, -0.2) is 40.1 Å². The van der Waals surface area contributed by atoms with Gasteiger partial charge in [-0.3, -0.25) is 9.59 Å². The van der Waals surface area contributed by atoms with E-state index >= 15 is 0 Å². The molecule has 5 nitrogen and oxygen atoms in total. The molecule has 1 amide bonds. The van der Waals surface area contributed by atoms with Crippen molar-refractivity contribution in [3.8, 4) is 0 Å². The highest BCUT2D eigenvalue weighted by Crippen LogP contribution is 2.42. The first-order valence-corrected chi connectivity index (χ1v) is 7.11. The molecule has 1 aromatic rings. The lowest BCUT2D eigenvalue weighted by Gasteiger charge is -2.26. The Morgan fingerprint density at radius 1 is 1.43 bits per heavy atom. The predicted molar refractivity (Wildman–Crippen MR) is 77.5 cm³/mol. The smallest absolute Gasteiger partial charge is 0.311 e. The van der Waals surface area contributed by atoms with Crippen molar-refractivity contribution in [2.75, 3.05) is 13.2 Å². The maximum Gasteiger partial charge on any atom is 0.311 e. The number of amides is 1. The van der Waals surface area contributed by atoms with Crippen LogP contribution in [-0.2, 0) is 9.59 Å². The van der Waals surface area contributed by atoms with Gasteiger partial charge in [-0.15, -0.1) is 0 Å². The number of carbonyl (C=O) groups is 2. The number of likely N-dealkylation sites (tertiary alicyclic amines) is 1. The quantitative estimate of drug-likeness (QED) is 0.865. The molecule has 2 N–H and O–H groups in total. The van der Waals surface area contributed by atoms with E-state index < -0.39 is 17.3 Å². The molecular formula is C16H21NO4. The molecule has 0 saturated carbocycles. The van der Waals surface area contributed by atoms with Crippen molar-refractivity contribution >= 4 is 11.9 Å². The van der Waals surface area contributed by atoms with E-state index in [-0.39, 0.29) is 31.5 Å². The third-order valence-electron chi connectivity index (χ3n) is 4.50. The SMILES string of the molecule is C[C@H](c1ccccc1)N1C[C@@](C)(C(=O)O)[C@H](CCO)C1=O. The van der Waals surface area contributed by atoms with E-state index in [0.717, 1.165) is 5.56 Å². The summed E-state index contributed by atoms with van der Waals surface area (Å²) in [6.45, 7) is 3.47. The first kappa shape index (κ1) is 15.5. The molecule has 0 radical (unpaired) electrons. The first-order chi connectivity index (χ1) is 9.91. The number of aliphatic hydroxyl groups is 1. The van der Waals surface area contributed by atoms with Crippen LogP contribution < -0.4 is 0 Å². The molecule has 1 aliphatic heterocycles. The Morgan fingerprint density at radius 2 is 2.05 bits per heavy atom. The van der Waals surface area contributed by atoms with E-state index in [1.165, 1.54) is 0 Å². The van der Waals surface area contributed by atoms with Crippen LogP contribution in [0.4, 0.5) is 0 Å². The van der Waals surface area contributed by atoms with Crippen LogP contribution in [0.1, 0.15) is 31.9 Å². The average Bonchev–Trinajstić information content (AvgIpc) is 2.74. The summed E-state index contributed by atoms with van der Waals surface area (Å²) in [6, 6.07) is 9.37. The van der Waals surface area contributed by atoms with Crippen LogP contribution in [0.3, 0.4) is 0 Å². The molecular weight excluding hydrogens is 270 g/mol. The van der Waals surface area contributed by atoms with Crippen LogP contribution in [0.5, 0.6) is 0 Å². The molecule has 1 heterocycles. The Bertz CT molecular complexity index is 530. The van der Waals surface area contributed by atoms with Gasteiger partial charge in [0.25, 0.3) is 0 Å². The van der Waals surface area contributed by atoms with Gasteiger partial charge in [0.1, 0.15) is 0 Å². The van der Waals surface area contributed by atoms with Gasteiger partial charge in [0.2, 0.25) is 5.91 Å². The highest BCUT2D eigenvalue weighted by molar-refractivity contribution is 5.91. The summed E-state index contributed by atoms with van der Waals surface area (Å²) in [4.78, 5) is 25.8. The van der Waals surface area contributed by atoms with Crippen molar-refractivity contribution in [3.63, 3.8) is 0 Å². The largest absolute Gasteiger partial charge is 0.481 e. The number of carboxylic acid groups (broad SMARTS) is 1. The van der Waals surface area contributed by atoms with Crippen LogP contribution >= 0.6 is 0 Å². The maximum atomic E-state index is 12.6. The summed E-state index contributed by atoms with van der Waals surface area (Å²) in [6.07, 6.45) is 0.180. The third kappa shape index (κ3) is 2.65. The molecule has 0 aromatic heterocycles. The van der Waals surface area contributed by atoms with Crippen molar-refractivity contribution < 1.29 is 19.8 Å². The minimum absolute atomic E-state index is 0.169. The molecule has 21 heavy (non-hydrogen) atoms. The zero-order valence-corrected chi connectivity index (χ0v) is 12.3. The van der Waals surface area contributed by atoms with Crippen molar-refractivity contribution in [1.82, 2.24) is 4.90 Å². The Kier molecular flexibility index (Phi) is 4.32. The van der Waals surface area contributed by atoms with E-state index in [1.807, 2.05) is 37.3 Å². The number of aliphatic hydroxyl groups excluding tert-OH is 1. The molecule has 1 fully saturated rings. The maximum absolute atomic E-state index is 12.6. The number of carbonyl (C=O) groups excluding carboxylic acids is 1. The molecule has 2 rings (SSSR count). The van der Waals surface area contributed by atoms with Crippen LogP contribution in [0, 0.1) is 11.3 Å². The Balaban J connectivity index is 2.30. The number of nitrogens with zero attached hydrogens (tertiary/aromatic N) is 1. The number of rotatable bonds is 5. The van der Waals surface area contributed by atoms with Crippen LogP contribution in [0.25, 0.3) is 0 Å². The Hall–Kier alpha value is -1.88. The van der Waals surface area contributed by atoms with E-state index in [2.05, 4.69) is 0 Å². The summed E-state index contributed by atoms with van der Waals surface area (Å²) in [5.41, 5.74) is -0.175. The summed E-state index contributed by atoms with van der Waals surface area (Å²) < 4.78 is 0. The summed E-state index contributed by atoms with van der Waals surface area (Å²) >= 11 is 0. The Morgan fingerprint density at radius 3 is 2.57 bits per heavy atom. The van der Waals surface area contributed by atoms with Gasteiger partial charge >= 0.3 is 5.97 Å². The normalized spacial score (nSPS) is 26.9. The lowest BCUT2D eigenvalue weighted by atomic mass is 9.78. The molecule has 0 bridgehead atoms. The zero-order chi connectivity index (χ0) is 15.6. The van der Waals surface area contributed by atoms with E-state index in [1.54, 1.807) is 11.8 Å². The lowest BCUT2D eigenvalue weighted by Crippen LogP contribution is -2.36. The average molecular weight is 291 g/mol. The number of aliphatic carboxylic acids is 1. The zero-order valence-electron chi connectivity index (χ0n) is 12.3. The number of hydrogen-bond donors (Lipinski definition) is 2. The van der Waals surface area contributed by atoms with Gasteiger partial charge in [-0.2, -0.15) is 0 Å². The van der Waals surface area contributed by atoms with E-state index in [0.29, 0.717) is 0 Å². The third-order valence-corrected chi connectivity index (χ3v) is 4.50. The van der Waals surface area contributed by atoms with Gasteiger partial charge in [0.15, 0.2) is 0 Å². The minimum Gasteiger partial charge on any atom is -0.481 e. The second-order valence-corrected chi connectivity index (χ2v) is 5.84. The summed E-state index contributed by atoms with van der Waals surface area (Å²) in [7, 11) is 0. The van der Waals surface area contributed by atoms with Gasteiger partial charge < -0.3 is 15.1 Å². The van der Waals surface area contributed by atoms with Crippen molar-refractivity contribution in [3.05, 3.63) is 35.9 Å². The molecule has 1 aromatic carbocycles. The molecule has 3 atom stereocenters. The van der Waals surface area contributed by atoms with Gasteiger partial charge in [-0.25, -0.2) is 0 Å². The summed E-state index contributed by atoms with van der Waals surface area (Å²) in [5.74, 6) is -1.85. The summed E-state index contributed by atoms with van der Waals surface area (Å²) in [5, 5.41) is 18.6. The molecule has 114 valence electrons. The number of benzene rings is 1. The minimum atomic E-state index is -1.15. The van der Waals surface area contributed by atoms with Crippen molar-refractivity contribution in [2.24, 2.45) is 11.3 Å². The molecule has 1 aliphatic rings. The molecule has 0 unspecified atom stereocenters. The fourth-order valence-electron chi connectivity index (χ4n) is 3.04. The highest BCUT2D eigenvalue weighted by Gasteiger charge is 2.54. The standard InChI is InChI=1S/C16H21NO4/c1-11(12-6-4-3-5-7-12)17-10-16(2,15(20)21)13(8-9-18)14(17)19/h3-7,11,13,18H,8-10H2,1-2H3,(H,20,21)/t11-,13-,16-/m1/s1. The van der Waals surface area contributed by atoms with Crippen LogP contribution in [0.15, 0.2) is 30.3 Å². The van der Waals surface area contributed by atoms with E-state index in [4.69, 9.17) is 5.11 Å². The lowest BCUT2D eigenvalue weighted by molar-refractivity contribution is -0.151. The van der Waals surface area contributed by atoms with Gasteiger partial charge in [-0.1, -0.05) is 30.3 Å². The van der Waals surface area contributed by atoms with Gasteiger partial charge in [0, 0.05) is 13.2 Å². The predicted octanol–water partition coefficient (Wildman–Crippen LogP) is 1.68. The highest BCUT2D eigenvalue weighted by atomic mass is 16.4. The van der Waals surface area contributed by atoms with Crippen molar-refractivity contribution in [1.29, 1.82) is 0 Å². The monoisotopic (exact) mass is 291 g/mol. The molecule has 0 spiro atoms. The second-order valence-electron chi connectivity index (χ2n) is 5.84. The van der Waals surface area contributed by atoms with Crippen molar-refractivity contribution in [2.45, 2.75) is 26.3 Å². The van der Waals surface area contributed by atoms with Crippen LogP contribution in [0.2, 0.25) is 0 Å². The first-order valence-electron chi connectivity index (χ1n) is 7.11. The number of carboxylic acids is 1. The fourth-order valence-corrected chi connectivity index (χ4v) is 3.04. The molecule has 0 aliphatic carbocycles. The Labute approximate surface area is 124 Å². The topological polar surface area (TPSA) is 77.8 Å². The number of hydrogen-bond acceptors (Lipinski definition) is 3. The van der Waals surface area contributed by atoms with E-state index in [9.17, 15) is 14.7 Å². The molecule has 5 heteroatoms. The fraction of sp³-hybridized carbons (Fsp3) is 0.500.